The Morgan fingerprint density at radius 3 is 1.62 bits per heavy atom. The van der Waals surface area contributed by atoms with Gasteiger partial charge in [-0.25, -0.2) is 4.39 Å². The molecule has 0 bridgehead atoms. The van der Waals surface area contributed by atoms with Crippen molar-refractivity contribution in [2.75, 3.05) is 0 Å². The fourth-order valence-corrected chi connectivity index (χ4v) is 2.91. The fourth-order valence-electron chi connectivity index (χ4n) is 2.91. The predicted octanol–water partition coefficient (Wildman–Crippen LogP) is -2.41. The highest BCUT2D eigenvalue weighted by atomic mass is 19.1. The van der Waals surface area contributed by atoms with Crippen LogP contribution >= 0.6 is 0 Å². The summed E-state index contributed by atoms with van der Waals surface area (Å²) in [5.41, 5.74) is -10.8. The summed E-state index contributed by atoms with van der Waals surface area (Å²) in [6.45, 7) is 2.67. The lowest BCUT2D eigenvalue weighted by molar-refractivity contribution is -0.349. The van der Waals surface area contributed by atoms with Gasteiger partial charge in [0.1, 0.15) is 12.2 Å². The molecule has 1 aliphatic rings. The van der Waals surface area contributed by atoms with Crippen LogP contribution in [-0.2, 0) is 23.9 Å². The number of aliphatic hydroxyl groups excluding tert-OH is 1. The third-order valence-corrected chi connectivity index (χ3v) is 4.40. The number of ketones is 4. The van der Waals surface area contributed by atoms with Gasteiger partial charge in [0, 0.05) is 0 Å². The highest BCUT2D eigenvalue weighted by Crippen LogP contribution is 2.47. The second kappa shape index (κ2) is 6.05. The summed E-state index contributed by atoms with van der Waals surface area (Å²) in [7, 11) is 0. The highest BCUT2D eigenvalue weighted by Gasteiger charge is 2.79. The predicted molar refractivity (Wildman–Crippen MR) is 73.3 cm³/mol. The Balaban J connectivity index is 3.86. The number of carbonyl (C=O) groups excluding carboxylic acids is 4. The van der Waals surface area contributed by atoms with Crippen LogP contribution < -0.4 is 0 Å². The van der Waals surface area contributed by atoms with Crippen LogP contribution in [-0.4, -0.2) is 78.9 Å². The molecular formula is C14H19FO9. The lowest BCUT2D eigenvalue weighted by atomic mass is 9.60. The van der Waals surface area contributed by atoms with E-state index in [2.05, 4.69) is 4.74 Å². The maximum atomic E-state index is 14.4. The average Bonchev–Trinajstić information content (AvgIpc) is 2.46. The van der Waals surface area contributed by atoms with Gasteiger partial charge in [0.15, 0.2) is 28.7 Å². The molecule has 9 nitrogen and oxygen atoms in total. The van der Waals surface area contributed by atoms with Gasteiger partial charge in [0.25, 0.3) is 0 Å². The van der Waals surface area contributed by atoms with Gasteiger partial charge in [0.2, 0.25) is 17.6 Å². The van der Waals surface area contributed by atoms with Crippen molar-refractivity contribution in [2.24, 2.45) is 0 Å². The molecule has 2 unspecified atom stereocenters. The molecule has 0 radical (unpaired) electrons. The Morgan fingerprint density at radius 2 is 1.33 bits per heavy atom. The molecule has 1 fully saturated rings. The summed E-state index contributed by atoms with van der Waals surface area (Å²) < 4.78 is 18.9. The van der Waals surface area contributed by atoms with Gasteiger partial charge in [-0.15, -0.1) is 0 Å². The number of Topliss-reactive ketones (excluding diaryl/α,β-unsaturated/α-hetero) is 4. The van der Waals surface area contributed by atoms with Crippen molar-refractivity contribution in [3.63, 3.8) is 0 Å². The van der Waals surface area contributed by atoms with Crippen LogP contribution in [0.5, 0.6) is 0 Å². The Kier molecular flexibility index (Phi) is 5.15. The minimum atomic E-state index is -3.70. The van der Waals surface area contributed by atoms with E-state index in [1.54, 1.807) is 0 Å². The molecule has 0 aromatic carbocycles. The fraction of sp³-hybridized carbons (Fsp3) is 0.714. The molecule has 4 N–H and O–H groups in total. The van der Waals surface area contributed by atoms with Crippen molar-refractivity contribution in [1.29, 1.82) is 0 Å². The number of aliphatic hydroxyl groups is 4. The summed E-state index contributed by atoms with van der Waals surface area (Å²) in [5.74, 6) is -5.56. The maximum absolute atomic E-state index is 14.4. The number of ether oxygens (including phenoxy) is 1. The molecule has 1 heterocycles. The van der Waals surface area contributed by atoms with Crippen molar-refractivity contribution in [1.82, 2.24) is 0 Å². The zero-order valence-electron chi connectivity index (χ0n) is 13.4. The molecule has 1 aliphatic heterocycles. The van der Waals surface area contributed by atoms with Gasteiger partial charge in [-0.2, -0.15) is 0 Å². The molecule has 24 heavy (non-hydrogen) atoms. The summed E-state index contributed by atoms with van der Waals surface area (Å²) >= 11 is 0. The zero-order valence-corrected chi connectivity index (χ0v) is 13.4. The van der Waals surface area contributed by atoms with Crippen molar-refractivity contribution < 1.29 is 48.7 Å². The SMILES string of the molecule is CC(=O)C(O)[C@H]1OC(F)[C@@](O)(C(C)=O)[C@](O)(C(C)=O)[C@@]1(O)C(C)=O. The molecule has 136 valence electrons. The highest BCUT2D eigenvalue weighted by molar-refractivity contribution is 6.05. The summed E-state index contributed by atoms with van der Waals surface area (Å²) in [6.07, 6.45) is -7.86. The van der Waals surface area contributed by atoms with Gasteiger partial charge >= 0.3 is 0 Å². The monoisotopic (exact) mass is 350 g/mol. The van der Waals surface area contributed by atoms with Gasteiger partial charge < -0.3 is 25.2 Å². The molecular weight excluding hydrogens is 331 g/mol. The molecule has 0 saturated carbocycles. The van der Waals surface area contributed by atoms with E-state index < -0.39 is 58.5 Å². The van der Waals surface area contributed by atoms with Gasteiger partial charge in [-0.05, 0) is 27.7 Å². The molecule has 10 heteroatoms. The van der Waals surface area contributed by atoms with E-state index in [4.69, 9.17) is 0 Å². The molecule has 1 rings (SSSR count). The summed E-state index contributed by atoms with van der Waals surface area (Å²) in [4.78, 5) is 47.1. The minimum absolute atomic E-state index is 0.594. The Hall–Kier alpha value is -1.59. The van der Waals surface area contributed by atoms with Crippen molar-refractivity contribution in [3.8, 4) is 0 Å². The lowest BCUT2D eigenvalue weighted by Crippen LogP contribution is -2.86. The Labute approximate surface area is 136 Å². The van der Waals surface area contributed by atoms with E-state index in [9.17, 15) is 44.0 Å². The number of alkyl halides is 1. The number of rotatable bonds is 5. The zero-order chi connectivity index (χ0) is 19.2. The quantitative estimate of drug-likeness (QED) is 0.424. The van der Waals surface area contributed by atoms with E-state index in [1.165, 1.54) is 0 Å². The van der Waals surface area contributed by atoms with Crippen molar-refractivity contribution in [3.05, 3.63) is 0 Å². The smallest absolute Gasteiger partial charge is 0.239 e. The number of hydrogen-bond acceptors (Lipinski definition) is 9. The van der Waals surface area contributed by atoms with Gasteiger partial charge in [-0.1, -0.05) is 0 Å². The van der Waals surface area contributed by atoms with Crippen LogP contribution in [0.4, 0.5) is 4.39 Å². The molecule has 0 aromatic heterocycles. The third kappa shape index (κ3) is 2.25. The van der Waals surface area contributed by atoms with Crippen LogP contribution in [0.1, 0.15) is 27.7 Å². The van der Waals surface area contributed by atoms with Crippen molar-refractivity contribution >= 4 is 23.1 Å². The largest absolute Gasteiger partial charge is 0.382 e. The van der Waals surface area contributed by atoms with Crippen LogP contribution in [0.2, 0.25) is 0 Å². The first-order chi connectivity index (χ1) is 10.7. The molecule has 1 saturated heterocycles. The van der Waals surface area contributed by atoms with E-state index in [0.29, 0.717) is 20.8 Å². The molecule has 6 atom stereocenters. The number of hydrogen-bond donors (Lipinski definition) is 4. The lowest BCUT2D eigenvalue weighted by Gasteiger charge is -2.56. The molecule has 0 aromatic rings. The van der Waals surface area contributed by atoms with Gasteiger partial charge in [0.05, 0.1) is 0 Å². The topological polar surface area (TPSA) is 158 Å². The first kappa shape index (κ1) is 20.5. The van der Waals surface area contributed by atoms with Crippen LogP contribution in [0.25, 0.3) is 0 Å². The van der Waals surface area contributed by atoms with Crippen LogP contribution in [0.3, 0.4) is 0 Å². The maximum Gasteiger partial charge on any atom is 0.239 e. The number of halogens is 1. The van der Waals surface area contributed by atoms with E-state index in [-0.39, 0.29) is 0 Å². The second-order valence-electron chi connectivity index (χ2n) is 5.84. The summed E-state index contributed by atoms with van der Waals surface area (Å²) in [5, 5.41) is 41.5. The standard InChI is InChI=1S/C14H19FO9/c1-5(16)9(20)10-12(21,6(2)17)14(23,8(4)19)13(22,7(3)18)11(15)24-10/h9-11,20-23H,1-4H3/t9?,10-,11?,12-,13+,14+/m1/s1. The van der Waals surface area contributed by atoms with Crippen LogP contribution in [0, 0.1) is 0 Å². The normalized spacial score (nSPS) is 40.7. The molecule has 0 spiro atoms. The number of carbonyl (C=O) groups is 4. The first-order valence-electron chi connectivity index (χ1n) is 6.88. The molecule has 0 aliphatic carbocycles. The first-order valence-corrected chi connectivity index (χ1v) is 6.88. The second-order valence-corrected chi connectivity index (χ2v) is 5.84. The Morgan fingerprint density at radius 1 is 0.917 bits per heavy atom. The van der Waals surface area contributed by atoms with Crippen molar-refractivity contribution in [2.45, 2.75) is 63.1 Å². The third-order valence-electron chi connectivity index (χ3n) is 4.40. The Bertz CT molecular complexity index is 605. The van der Waals surface area contributed by atoms with E-state index in [1.807, 2.05) is 0 Å². The molecule has 0 amide bonds. The van der Waals surface area contributed by atoms with Crippen LogP contribution in [0.15, 0.2) is 0 Å². The minimum Gasteiger partial charge on any atom is -0.382 e. The summed E-state index contributed by atoms with van der Waals surface area (Å²) in [6, 6.07) is 0. The average molecular weight is 350 g/mol. The van der Waals surface area contributed by atoms with E-state index >= 15 is 0 Å². The van der Waals surface area contributed by atoms with E-state index in [0.717, 1.165) is 6.92 Å². The van der Waals surface area contributed by atoms with Gasteiger partial charge in [-0.3, -0.25) is 19.2 Å².